The summed E-state index contributed by atoms with van der Waals surface area (Å²) in [6.07, 6.45) is 8.41. The van der Waals surface area contributed by atoms with E-state index >= 15 is 0 Å². The third kappa shape index (κ3) is 2.32. The minimum Gasteiger partial charge on any atom is -0.493 e. The smallest absolute Gasteiger partial charge is 0.166 e. The second-order valence-electron chi connectivity index (χ2n) is 5.87. The number of methoxy groups -OCH3 is 1. The summed E-state index contributed by atoms with van der Waals surface area (Å²) in [6.45, 7) is 0. The normalized spacial score (nSPS) is 22.0. The quantitative estimate of drug-likeness (QED) is 0.904. The number of hydrogen-bond donors (Lipinski definition) is 1. The van der Waals surface area contributed by atoms with E-state index in [0.717, 1.165) is 42.7 Å². The first-order valence-corrected chi connectivity index (χ1v) is 7.36. The molecule has 0 atom stereocenters. The summed E-state index contributed by atoms with van der Waals surface area (Å²) >= 11 is 0. The molecule has 19 heavy (non-hydrogen) atoms. The van der Waals surface area contributed by atoms with Gasteiger partial charge in [-0.1, -0.05) is 25.0 Å². The molecule has 2 aliphatic carbocycles. The molecule has 3 nitrogen and oxygen atoms in total. The maximum Gasteiger partial charge on any atom is 0.166 e. The summed E-state index contributed by atoms with van der Waals surface area (Å²) < 4.78 is 11.7. The monoisotopic (exact) mass is 261 g/mol. The van der Waals surface area contributed by atoms with Crippen LogP contribution in [0.15, 0.2) is 18.2 Å². The Morgan fingerprint density at radius 3 is 2.47 bits per heavy atom. The molecule has 0 heterocycles. The fourth-order valence-corrected chi connectivity index (χ4v) is 3.12. The Morgan fingerprint density at radius 1 is 1.16 bits per heavy atom. The fourth-order valence-electron chi connectivity index (χ4n) is 3.12. The van der Waals surface area contributed by atoms with Crippen LogP contribution in [0.3, 0.4) is 0 Å². The summed E-state index contributed by atoms with van der Waals surface area (Å²) in [5.74, 6) is 1.71. The molecule has 0 amide bonds. The van der Waals surface area contributed by atoms with E-state index in [0.29, 0.717) is 6.10 Å². The van der Waals surface area contributed by atoms with Gasteiger partial charge in [0, 0.05) is 11.1 Å². The van der Waals surface area contributed by atoms with Gasteiger partial charge in [-0.25, -0.2) is 0 Å². The van der Waals surface area contributed by atoms with Crippen molar-refractivity contribution in [3.05, 3.63) is 23.8 Å². The van der Waals surface area contributed by atoms with Crippen molar-refractivity contribution in [3.8, 4) is 11.5 Å². The van der Waals surface area contributed by atoms with Crippen molar-refractivity contribution in [3.63, 3.8) is 0 Å². The second kappa shape index (κ2) is 5.04. The van der Waals surface area contributed by atoms with E-state index in [9.17, 15) is 0 Å². The Balaban J connectivity index is 1.96. The Bertz CT molecular complexity index is 448. The molecular weight excluding hydrogens is 238 g/mol. The summed E-state index contributed by atoms with van der Waals surface area (Å²) in [5.41, 5.74) is 7.51. The van der Waals surface area contributed by atoms with Crippen LogP contribution in [0, 0.1) is 0 Å². The van der Waals surface area contributed by atoms with Crippen molar-refractivity contribution in [2.24, 2.45) is 5.73 Å². The molecule has 2 aliphatic rings. The first-order chi connectivity index (χ1) is 9.23. The zero-order chi connectivity index (χ0) is 13.3. The second-order valence-corrected chi connectivity index (χ2v) is 5.87. The first-order valence-electron chi connectivity index (χ1n) is 7.36. The van der Waals surface area contributed by atoms with E-state index in [1.165, 1.54) is 19.3 Å². The van der Waals surface area contributed by atoms with Crippen LogP contribution in [0.2, 0.25) is 0 Å². The molecule has 1 aromatic rings. The van der Waals surface area contributed by atoms with Crippen molar-refractivity contribution in [2.75, 3.05) is 7.11 Å². The van der Waals surface area contributed by atoms with E-state index in [4.69, 9.17) is 15.2 Å². The van der Waals surface area contributed by atoms with Crippen molar-refractivity contribution in [2.45, 2.75) is 56.6 Å². The molecule has 3 rings (SSSR count). The highest BCUT2D eigenvalue weighted by atomic mass is 16.5. The summed E-state index contributed by atoms with van der Waals surface area (Å²) in [6, 6.07) is 6.10. The first kappa shape index (κ1) is 12.8. The van der Waals surface area contributed by atoms with Crippen LogP contribution in [0.1, 0.15) is 50.5 Å². The van der Waals surface area contributed by atoms with Crippen LogP contribution in [0.5, 0.6) is 11.5 Å². The van der Waals surface area contributed by atoms with Gasteiger partial charge in [-0.15, -0.1) is 0 Å². The molecule has 0 unspecified atom stereocenters. The number of ether oxygens (including phenoxy) is 2. The standard InChI is InChI=1S/C16H23NO2/c1-18-14-9-5-8-13(16(17)10-2-3-11-16)15(14)19-12-6-4-7-12/h5,8-9,12H,2-4,6-7,10-11,17H2,1H3. The molecule has 104 valence electrons. The molecule has 0 aromatic heterocycles. The molecule has 2 saturated carbocycles. The lowest BCUT2D eigenvalue weighted by Gasteiger charge is -2.32. The maximum atomic E-state index is 6.60. The third-order valence-corrected chi connectivity index (χ3v) is 4.57. The average molecular weight is 261 g/mol. The molecule has 3 heteroatoms. The SMILES string of the molecule is COc1cccc(C2(N)CCCC2)c1OC1CCC1. The Labute approximate surface area is 115 Å². The van der Waals surface area contributed by atoms with Gasteiger partial charge in [-0.2, -0.15) is 0 Å². The van der Waals surface area contributed by atoms with Gasteiger partial charge in [0.25, 0.3) is 0 Å². The number of para-hydroxylation sites is 1. The minimum atomic E-state index is -0.229. The van der Waals surface area contributed by atoms with Crippen LogP contribution in [0.25, 0.3) is 0 Å². The molecule has 0 radical (unpaired) electrons. The minimum absolute atomic E-state index is 0.229. The number of hydrogen-bond acceptors (Lipinski definition) is 3. The number of rotatable bonds is 4. The van der Waals surface area contributed by atoms with Gasteiger partial charge in [0.05, 0.1) is 13.2 Å². The van der Waals surface area contributed by atoms with Gasteiger partial charge in [-0.3, -0.25) is 0 Å². The molecule has 2 fully saturated rings. The van der Waals surface area contributed by atoms with Crippen molar-refractivity contribution in [1.29, 1.82) is 0 Å². The van der Waals surface area contributed by atoms with E-state index in [-0.39, 0.29) is 5.54 Å². The highest BCUT2D eigenvalue weighted by molar-refractivity contribution is 5.50. The molecule has 0 aliphatic heterocycles. The summed E-state index contributed by atoms with van der Waals surface area (Å²) in [7, 11) is 1.70. The molecular formula is C16H23NO2. The highest BCUT2D eigenvalue weighted by Gasteiger charge is 2.36. The maximum absolute atomic E-state index is 6.60. The lowest BCUT2D eigenvalue weighted by atomic mass is 9.88. The van der Waals surface area contributed by atoms with Gasteiger partial charge in [0.2, 0.25) is 0 Å². The summed E-state index contributed by atoms with van der Waals surface area (Å²) in [4.78, 5) is 0. The highest BCUT2D eigenvalue weighted by Crippen LogP contribution is 2.45. The number of benzene rings is 1. The Morgan fingerprint density at radius 2 is 1.89 bits per heavy atom. The lowest BCUT2D eigenvalue weighted by Crippen LogP contribution is -2.35. The van der Waals surface area contributed by atoms with Crippen LogP contribution >= 0.6 is 0 Å². The fraction of sp³-hybridized carbons (Fsp3) is 0.625. The zero-order valence-electron chi connectivity index (χ0n) is 11.7. The van der Waals surface area contributed by atoms with E-state index in [1.807, 2.05) is 12.1 Å². The number of nitrogens with two attached hydrogens (primary N) is 1. The molecule has 0 bridgehead atoms. The van der Waals surface area contributed by atoms with Crippen LogP contribution in [0.4, 0.5) is 0 Å². The molecule has 0 saturated heterocycles. The third-order valence-electron chi connectivity index (χ3n) is 4.57. The van der Waals surface area contributed by atoms with Crippen molar-refractivity contribution >= 4 is 0 Å². The van der Waals surface area contributed by atoms with E-state index in [1.54, 1.807) is 7.11 Å². The van der Waals surface area contributed by atoms with Gasteiger partial charge in [0.15, 0.2) is 11.5 Å². The van der Waals surface area contributed by atoms with Gasteiger partial charge >= 0.3 is 0 Å². The van der Waals surface area contributed by atoms with Crippen molar-refractivity contribution in [1.82, 2.24) is 0 Å². The van der Waals surface area contributed by atoms with Gasteiger partial charge < -0.3 is 15.2 Å². The van der Waals surface area contributed by atoms with Crippen molar-refractivity contribution < 1.29 is 9.47 Å². The predicted molar refractivity (Wildman–Crippen MR) is 75.6 cm³/mol. The average Bonchev–Trinajstić information content (AvgIpc) is 2.81. The predicted octanol–water partition coefficient (Wildman–Crippen LogP) is 3.35. The van der Waals surface area contributed by atoms with Gasteiger partial charge in [-0.05, 0) is 38.2 Å². The largest absolute Gasteiger partial charge is 0.493 e. The molecule has 2 N–H and O–H groups in total. The van der Waals surface area contributed by atoms with Crippen LogP contribution in [-0.4, -0.2) is 13.2 Å². The lowest BCUT2D eigenvalue weighted by molar-refractivity contribution is 0.112. The van der Waals surface area contributed by atoms with Gasteiger partial charge in [0.1, 0.15) is 0 Å². The van der Waals surface area contributed by atoms with Crippen LogP contribution in [-0.2, 0) is 5.54 Å². The zero-order valence-corrected chi connectivity index (χ0v) is 11.7. The molecule has 1 aromatic carbocycles. The summed E-state index contributed by atoms with van der Waals surface area (Å²) in [5, 5.41) is 0. The van der Waals surface area contributed by atoms with E-state index in [2.05, 4.69) is 6.07 Å². The molecule has 0 spiro atoms. The van der Waals surface area contributed by atoms with E-state index < -0.39 is 0 Å². The topological polar surface area (TPSA) is 44.5 Å². The Kier molecular flexibility index (Phi) is 3.40. The van der Waals surface area contributed by atoms with Crippen LogP contribution < -0.4 is 15.2 Å². The Hall–Kier alpha value is -1.22.